The number of rotatable bonds is 5. The number of oxazole rings is 1. The van der Waals surface area contributed by atoms with Gasteiger partial charge >= 0.3 is 0 Å². The highest BCUT2D eigenvalue weighted by molar-refractivity contribution is 6.09. The number of nitrogens with zero attached hydrogens (tertiary/aromatic N) is 1. The normalized spacial score (nSPS) is 19.1. The second-order valence-electron chi connectivity index (χ2n) is 7.13. The maximum Gasteiger partial charge on any atom is 0.214 e. The monoisotopic (exact) mass is 355 g/mol. The maximum absolute atomic E-state index is 12.7. The molecule has 1 fully saturated rings. The molecule has 3 heteroatoms. The van der Waals surface area contributed by atoms with Gasteiger partial charge in [0.1, 0.15) is 12.0 Å². The molecule has 1 saturated carbocycles. The predicted molar refractivity (Wildman–Crippen MR) is 107 cm³/mol. The molecule has 0 aromatic carbocycles. The average Bonchev–Trinajstić information content (AvgIpc) is 3.12. The Labute approximate surface area is 158 Å². The molecular weight excluding hydrogens is 322 g/mol. The molecule has 1 heterocycles. The molecule has 0 saturated heterocycles. The lowest BCUT2D eigenvalue weighted by atomic mass is 9.95. The van der Waals surface area contributed by atoms with Gasteiger partial charge in [-0.2, -0.15) is 0 Å². The first kappa shape index (κ1) is 20.4. The van der Waals surface area contributed by atoms with Crippen molar-refractivity contribution in [3.8, 4) is 0 Å². The lowest BCUT2D eigenvalue weighted by molar-refractivity contribution is 0.103. The smallest absolute Gasteiger partial charge is 0.214 e. The number of carbonyl (C=O) groups excluding carboxylic acids is 1. The van der Waals surface area contributed by atoms with Gasteiger partial charge in [-0.05, 0) is 26.7 Å². The molecule has 26 heavy (non-hydrogen) atoms. The maximum atomic E-state index is 12.7. The third kappa shape index (κ3) is 6.44. The van der Waals surface area contributed by atoms with E-state index in [-0.39, 0.29) is 5.78 Å². The van der Waals surface area contributed by atoms with Gasteiger partial charge in [-0.1, -0.05) is 81.7 Å². The van der Waals surface area contributed by atoms with Crippen LogP contribution >= 0.6 is 0 Å². The molecule has 0 radical (unpaired) electrons. The lowest BCUT2D eigenvalue weighted by Gasteiger charge is -2.12. The van der Waals surface area contributed by atoms with Gasteiger partial charge in [-0.25, -0.2) is 4.98 Å². The van der Waals surface area contributed by atoms with Crippen LogP contribution in [-0.4, -0.2) is 10.8 Å². The topological polar surface area (TPSA) is 43.1 Å². The van der Waals surface area contributed by atoms with E-state index in [0.29, 0.717) is 17.2 Å². The Balaban J connectivity index is 2.06. The van der Waals surface area contributed by atoms with Crippen molar-refractivity contribution < 1.29 is 9.21 Å². The van der Waals surface area contributed by atoms with Crippen LogP contribution in [0.15, 0.2) is 46.6 Å². The summed E-state index contributed by atoms with van der Waals surface area (Å²) in [6, 6.07) is 0. The quantitative estimate of drug-likeness (QED) is 0.326. The minimum atomic E-state index is -0.0695. The van der Waals surface area contributed by atoms with Crippen molar-refractivity contribution in [2.45, 2.75) is 84.0 Å². The van der Waals surface area contributed by atoms with Crippen LogP contribution in [-0.2, 0) is 0 Å². The van der Waals surface area contributed by atoms with Gasteiger partial charge in [-0.3, -0.25) is 4.79 Å². The van der Waals surface area contributed by atoms with Crippen molar-refractivity contribution in [2.24, 2.45) is 0 Å². The number of hydrogen-bond donors (Lipinski definition) is 0. The van der Waals surface area contributed by atoms with Crippen LogP contribution in [0.25, 0.3) is 0 Å². The fourth-order valence-corrected chi connectivity index (χ4v) is 3.53. The third-order valence-corrected chi connectivity index (χ3v) is 5.11. The van der Waals surface area contributed by atoms with Crippen molar-refractivity contribution >= 4 is 5.78 Å². The van der Waals surface area contributed by atoms with E-state index in [1.54, 1.807) is 0 Å². The summed E-state index contributed by atoms with van der Waals surface area (Å²) in [5.41, 5.74) is 1.07. The summed E-state index contributed by atoms with van der Waals surface area (Å²) in [4.78, 5) is 17.2. The molecule has 142 valence electrons. The number of Topliss-reactive ketones (excluding diaryl/α,β-unsaturated/α-hetero) is 1. The van der Waals surface area contributed by atoms with E-state index in [2.05, 4.69) is 4.98 Å². The van der Waals surface area contributed by atoms with Crippen molar-refractivity contribution in [1.82, 2.24) is 4.98 Å². The number of aromatic nitrogens is 1. The molecule has 0 amide bonds. The molecule has 0 bridgehead atoms. The first-order chi connectivity index (χ1) is 12.8. The first-order valence-corrected chi connectivity index (χ1v) is 10.2. The van der Waals surface area contributed by atoms with E-state index in [1.165, 1.54) is 57.6 Å². The minimum absolute atomic E-state index is 0.0695. The highest BCUT2D eigenvalue weighted by Gasteiger charge is 2.21. The van der Waals surface area contributed by atoms with Crippen LogP contribution in [0.5, 0.6) is 0 Å². The van der Waals surface area contributed by atoms with Crippen LogP contribution in [0, 0.1) is 0 Å². The number of ketones is 1. The van der Waals surface area contributed by atoms with Gasteiger partial charge in [0.25, 0.3) is 0 Å². The highest BCUT2D eigenvalue weighted by Crippen LogP contribution is 2.29. The summed E-state index contributed by atoms with van der Waals surface area (Å²) in [7, 11) is 0. The molecule has 1 aliphatic carbocycles. The highest BCUT2D eigenvalue weighted by atomic mass is 16.3. The Morgan fingerprint density at radius 1 is 1.00 bits per heavy atom. The zero-order valence-electron chi connectivity index (χ0n) is 16.4. The summed E-state index contributed by atoms with van der Waals surface area (Å²) < 4.78 is 5.75. The molecule has 3 nitrogen and oxygen atoms in total. The summed E-state index contributed by atoms with van der Waals surface area (Å²) in [5.74, 6) is 1.03. The zero-order valence-corrected chi connectivity index (χ0v) is 16.4. The zero-order chi connectivity index (χ0) is 18.6. The van der Waals surface area contributed by atoms with Gasteiger partial charge in [-0.15, -0.1) is 0 Å². The predicted octanol–water partition coefficient (Wildman–Crippen LogP) is 6.93. The van der Waals surface area contributed by atoms with E-state index in [9.17, 15) is 4.79 Å². The Morgan fingerprint density at radius 2 is 1.62 bits per heavy atom. The summed E-state index contributed by atoms with van der Waals surface area (Å²) in [6.07, 6.45) is 23.6. The molecule has 0 spiro atoms. The fraction of sp³-hybridized carbons (Fsp3) is 0.565. The minimum Gasteiger partial charge on any atom is -0.448 e. The molecule has 0 atom stereocenters. The van der Waals surface area contributed by atoms with Crippen molar-refractivity contribution in [3.05, 3.63) is 53.8 Å². The van der Waals surface area contributed by atoms with Gasteiger partial charge in [0.2, 0.25) is 5.78 Å². The van der Waals surface area contributed by atoms with E-state index < -0.39 is 0 Å². The Bertz CT molecular complexity index is 624. The standard InChI is InChI=1S/C23H33NO2/c1-3-5-12-15-19(4-2)22(25)21-18-26-23(24-21)20-16-13-10-8-6-7-9-11-14-17-20/h3-5,12,15,18,20H,6-11,13-14,16-17H2,1-2H3/b5-3-,15-12-,19-4+. The number of allylic oxidation sites excluding steroid dienone is 6. The molecule has 0 unspecified atom stereocenters. The number of carbonyl (C=O) groups is 1. The molecule has 1 aromatic rings. The number of hydrogen-bond acceptors (Lipinski definition) is 3. The Hall–Kier alpha value is -1.90. The summed E-state index contributed by atoms with van der Waals surface area (Å²) in [6.45, 7) is 3.82. The van der Waals surface area contributed by atoms with Crippen LogP contribution < -0.4 is 0 Å². The van der Waals surface area contributed by atoms with Gasteiger partial charge in [0.05, 0.1) is 0 Å². The molecular formula is C23H33NO2. The Morgan fingerprint density at radius 3 is 2.19 bits per heavy atom. The summed E-state index contributed by atoms with van der Waals surface area (Å²) in [5, 5.41) is 0. The van der Waals surface area contributed by atoms with E-state index in [0.717, 1.165) is 18.7 Å². The molecule has 2 rings (SSSR count). The fourth-order valence-electron chi connectivity index (χ4n) is 3.53. The van der Waals surface area contributed by atoms with Crippen LogP contribution in [0.4, 0.5) is 0 Å². The van der Waals surface area contributed by atoms with Crippen LogP contribution in [0.3, 0.4) is 0 Å². The summed E-state index contributed by atoms with van der Waals surface area (Å²) >= 11 is 0. The van der Waals surface area contributed by atoms with Gasteiger partial charge in [0, 0.05) is 11.5 Å². The molecule has 1 aliphatic rings. The molecule has 0 N–H and O–H groups in total. The molecule has 0 aliphatic heterocycles. The SMILES string of the molecule is C\C=C/C=C\C(=C/C)C(=O)c1coc(C2CCCCCCCCCC2)n1. The van der Waals surface area contributed by atoms with Gasteiger partial charge in [0.15, 0.2) is 5.89 Å². The van der Waals surface area contributed by atoms with E-state index in [4.69, 9.17) is 4.42 Å². The first-order valence-electron chi connectivity index (χ1n) is 10.2. The second-order valence-corrected chi connectivity index (χ2v) is 7.13. The van der Waals surface area contributed by atoms with E-state index >= 15 is 0 Å². The van der Waals surface area contributed by atoms with Crippen LogP contribution in [0.1, 0.15) is 100 Å². The Kier molecular flexibility index (Phi) is 9.16. The van der Waals surface area contributed by atoms with Crippen molar-refractivity contribution in [1.29, 1.82) is 0 Å². The van der Waals surface area contributed by atoms with Crippen molar-refractivity contribution in [2.75, 3.05) is 0 Å². The van der Waals surface area contributed by atoms with Crippen LogP contribution in [0.2, 0.25) is 0 Å². The van der Waals surface area contributed by atoms with E-state index in [1.807, 2.05) is 44.2 Å². The van der Waals surface area contributed by atoms with Crippen molar-refractivity contribution in [3.63, 3.8) is 0 Å². The third-order valence-electron chi connectivity index (χ3n) is 5.11. The molecule has 1 aromatic heterocycles. The van der Waals surface area contributed by atoms with Gasteiger partial charge < -0.3 is 4.42 Å². The second kappa shape index (κ2) is 11.7. The lowest BCUT2D eigenvalue weighted by Crippen LogP contribution is -2.04. The largest absolute Gasteiger partial charge is 0.448 e. The average molecular weight is 356 g/mol.